The fraction of sp³-hybridized carbons (Fsp3) is 0.714. The first kappa shape index (κ1) is 5.83. The number of rotatable bonds is 1. The van der Waals surface area contributed by atoms with Crippen molar-refractivity contribution in [3.63, 3.8) is 0 Å². The molecule has 1 aliphatic rings. The van der Waals surface area contributed by atoms with Crippen LogP contribution < -0.4 is 0 Å². The molecule has 0 saturated heterocycles. The number of hydrogen-bond acceptors (Lipinski definition) is 1. The van der Waals surface area contributed by atoms with Gasteiger partial charge in [0, 0.05) is 0 Å². The van der Waals surface area contributed by atoms with Gasteiger partial charge < -0.3 is 4.74 Å². The monoisotopic (exact) mass is 112 g/mol. The lowest BCUT2D eigenvalue weighted by Crippen LogP contribution is -2.04. The van der Waals surface area contributed by atoms with Crippen LogP contribution in [0.1, 0.15) is 19.8 Å². The molecule has 0 spiro atoms. The molecule has 0 radical (unpaired) electrons. The summed E-state index contributed by atoms with van der Waals surface area (Å²) < 4.78 is 5.20. The Hall–Kier alpha value is -0.300. The van der Waals surface area contributed by atoms with E-state index < -0.39 is 0 Å². The maximum absolute atomic E-state index is 5.20. The van der Waals surface area contributed by atoms with E-state index in [4.69, 9.17) is 4.74 Å². The molecule has 0 aromatic heterocycles. The summed E-state index contributed by atoms with van der Waals surface area (Å²) in [5.74, 6) is 0. The van der Waals surface area contributed by atoms with Crippen LogP contribution in [0.25, 0.3) is 0 Å². The lowest BCUT2D eigenvalue weighted by Gasteiger charge is -2.10. The van der Waals surface area contributed by atoms with Crippen LogP contribution in [-0.2, 0) is 4.74 Å². The summed E-state index contributed by atoms with van der Waals surface area (Å²) in [6.45, 7) is 3.96. The zero-order valence-corrected chi connectivity index (χ0v) is 5.31. The van der Waals surface area contributed by atoms with Gasteiger partial charge in [-0.25, -0.2) is 0 Å². The van der Waals surface area contributed by atoms with Gasteiger partial charge in [-0.05, 0) is 18.4 Å². The molecular formula is C7H12O. The van der Waals surface area contributed by atoms with E-state index in [-0.39, 0.29) is 0 Å². The van der Waals surface area contributed by atoms with E-state index in [1.165, 1.54) is 5.57 Å². The summed E-state index contributed by atoms with van der Waals surface area (Å²) in [4.78, 5) is 0. The lowest BCUT2D eigenvalue weighted by atomic mass is 10.1. The van der Waals surface area contributed by atoms with Gasteiger partial charge in [-0.3, -0.25) is 0 Å². The average Bonchev–Trinajstić information content (AvgIpc) is 1.90. The van der Waals surface area contributed by atoms with Crippen molar-refractivity contribution in [2.45, 2.75) is 19.8 Å². The van der Waals surface area contributed by atoms with Crippen LogP contribution >= 0.6 is 0 Å². The molecule has 0 aromatic rings. The first-order chi connectivity index (χ1) is 3.93. The molecule has 1 aliphatic heterocycles. The Morgan fingerprint density at radius 1 is 1.75 bits per heavy atom. The Morgan fingerprint density at radius 2 is 2.62 bits per heavy atom. The van der Waals surface area contributed by atoms with Gasteiger partial charge >= 0.3 is 0 Å². The molecule has 1 rings (SSSR count). The molecule has 0 amide bonds. The minimum absolute atomic E-state index is 0.872. The van der Waals surface area contributed by atoms with Crippen molar-refractivity contribution in [3.8, 4) is 0 Å². The van der Waals surface area contributed by atoms with E-state index >= 15 is 0 Å². The molecule has 8 heavy (non-hydrogen) atoms. The predicted molar refractivity (Wildman–Crippen MR) is 33.8 cm³/mol. The molecule has 1 nitrogen and oxygen atoms in total. The zero-order valence-electron chi connectivity index (χ0n) is 5.31. The fourth-order valence-electron chi connectivity index (χ4n) is 0.855. The van der Waals surface area contributed by atoms with E-state index in [1.54, 1.807) is 0 Å². The van der Waals surface area contributed by atoms with Crippen LogP contribution in [0.15, 0.2) is 11.6 Å². The Kier molecular flexibility index (Phi) is 2.10. The topological polar surface area (TPSA) is 9.23 Å². The minimum Gasteiger partial charge on any atom is -0.377 e. The van der Waals surface area contributed by atoms with E-state index in [0.717, 1.165) is 26.1 Å². The quantitative estimate of drug-likeness (QED) is 0.469. The molecule has 1 heteroatoms. The van der Waals surface area contributed by atoms with Gasteiger partial charge in [0.1, 0.15) is 0 Å². The number of ether oxygens (including phenoxy) is 1. The van der Waals surface area contributed by atoms with E-state index in [0.29, 0.717) is 0 Å². The summed E-state index contributed by atoms with van der Waals surface area (Å²) in [5, 5.41) is 0. The average molecular weight is 112 g/mol. The smallest absolute Gasteiger partial charge is 0.0676 e. The van der Waals surface area contributed by atoms with Crippen molar-refractivity contribution in [2.24, 2.45) is 0 Å². The highest BCUT2D eigenvalue weighted by molar-refractivity contribution is 5.03. The second-order valence-electron chi connectivity index (χ2n) is 2.06. The third-order valence-electron chi connectivity index (χ3n) is 1.44. The minimum atomic E-state index is 0.872. The van der Waals surface area contributed by atoms with Gasteiger partial charge in [0.2, 0.25) is 0 Å². The van der Waals surface area contributed by atoms with Gasteiger partial charge in [-0.2, -0.15) is 0 Å². The summed E-state index contributed by atoms with van der Waals surface area (Å²) in [6, 6.07) is 0. The zero-order chi connectivity index (χ0) is 5.82. The molecule has 46 valence electrons. The molecular weight excluding hydrogens is 100 g/mol. The number of hydrogen-bond donors (Lipinski definition) is 0. The Labute approximate surface area is 50.3 Å². The SMILES string of the molecule is CCC1=CCCOC1. The first-order valence-electron chi connectivity index (χ1n) is 3.19. The summed E-state index contributed by atoms with van der Waals surface area (Å²) in [6.07, 6.45) is 4.55. The summed E-state index contributed by atoms with van der Waals surface area (Å²) in [7, 11) is 0. The van der Waals surface area contributed by atoms with Gasteiger partial charge in [0.15, 0.2) is 0 Å². The predicted octanol–water partition coefficient (Wildman–Crippen LogP) is 1.74. The Morgan fingerprint density at radius 3 is 3.00 bits per heavy atom. The molecule has 1 heterocycles. The van der Waals surface area contributed by atoms with Crippen LogP contribution in [0.4, 0.5) is 0 Å². The molecule has 0 saturated carbocycles. The molecule has 0 bridgehead atoms. The van der Waals surface area contributed by atoms with Gasteiger partial charge in [-0.1, -0.05) is 13.0 Å². The van der Waals surface area contributed by atoms with Crippen molar-refractivity contribution < 1.29 is 4.74 Å². The van der Waals surface area contributed by atoms with Crippen molar-refractivity contribution in [3.05, 3.63) is 11.6 Å². The van der Waals surface area contributed by atoms with Crippen molar-refractivity contribution in [2.75, 3.05) is 13.2 Å². The largest absolute Gasteiger partial charge is 0.377 e. The third-order valence-corrected chi connectivity index (χ3v) is 1.44. The summed E-state index contributed by atoms with van der Waals surface area (Å²) in [5.41, 5.74) is 1.45. The van der Waals surface area contributed by atoms with Crippen molar-refractivity contribution in [1.82, 2.24) is 0 Å². The molecule has 0 N–H and O–H groups in total. The van der Waals surface area contributed by atoms with E-state index in [1.807, 2.05) is 0 Å². The standard InChI is InChI=1S/C7H12O/c1-2-7-4-3-5-8-6-7/h4H,2-3,5-6H2,1H3. The molecule has 0 aromatic carbocycles. The van der Waals surface area contributed by atoms with Crippen LogP contribution in [0.2, 0.25) is 0 Å². The molecule has 0 atom stereocenters. The second-order valence-corrected chi connectivity index (χ2v) is 2.06. The molecule has 0 unspecified atom stereocenters. The van der Waals surface area contributed by atoms with Crippen LogP contribution in [0.5, 0.6) is 0 Å². The molecule has 0 aliphatic carbocycles. The van der Waals surface area contributed by atoms with E-state index in [2.05, 4.69) is 13.0 Å². The third kappa shape index (κ3) is 1.34. The lowest BCUT2D eigenvalue weighted by molar-refractivity contribution is 0.148. The highest BCUT2D eigenvalue weighted by Crippen LogP contribution is 2.07. The van der Waals surface area contributed by atoms with Gasteiger partial charge in [0.05, 0.1) is 13.2 Å². The highest BCUT2D eigenvalue weighted by Gasteiger charge is 1.98. The normalized spacial score (nSPS) is 20.4. The Balaban J connectivity index is 2.37. The maximum atomic E-state index is 5.20. The highest BCUT2D eigenvalue weighted by atomic mass is 16.5. The van der Waals surface area contributed by atoms with Gasteiger partial charge in [0.25, 0.3) is 0 Å². The van der Waals surface area contributed by atoms with Crippen molar-refractivity contribution in [1.29, 1.82) is 0 Å². The summed E-state index contributed by atoms with van der Waals surface area (Å²) >= 11 is 0. The van der Waals surface area contributed by atoms with Crippen LogP contribution in [0.3, 0.4) is 0 Å². The first-order valence-corrected chi connectivity index (χ1v) is 3.19. The van der Waals surface area contributed by atoms with Gasteiger partial charge in [-0.15, -0.1) is 0 Å². The van der Waals surface area contributed by atoms with Crippen LogP contribution in [-0.4, -0.2) is 13.2 Å². The molecule has 0 fully saturated rings. The maximum Gasteiger partial charge on any atom is 0.0676 e. The van der Waals surface area contributed by atoms with E-state index in [9.17, 15) is 0 Å². The van der Waals surface area contributed by atoms with Crippen LogP contribution in [0, 0.1) is 0 Å². The van der Waals surface area contributed by atoms with Crippen molar-refractivity contribution >= 4 is 0 Å². The Bertz CT molecular complexity index is 94.6. The second kappa shape index (κ2) is 2.88. The fourth-order valence-corrected chi connectivity index (χ4v) is 0.855.